The molecule has 0 bridgehead atoms. The molecule has 0 spiro atoms. The van der Waals surface area contributed by atoms with Crippen LogP contribution in [0.4, 0.5) is 0 Å². The molecular formula is C19H26N4O3S2. The Morgan fingerprint density at radius 3 is 2.32 bits per heavy atom. The molecule has 1 saturated heterocycles. The van der Waals surface area contributed by atoms with Crippen molar-refractivity contribution in [2.24, 2.45) is 7.05 Å². The molecule has 28 heavy (non-hydrogen) atoms. The lowest BCUT2D eigenvalue weighted by Gasteiger charge is -2.34. The number of aryl methyl sites for hydroxylation is 1. The maximum atomic E-state index is 12.9. The van der Waals surface area contributed by atoms with Crippen molar-refractivity contribution in [3.63, 3.8) is 0 Å². The molecule has 3 rings (SSSR count). The summed E-state index contributed by atoms with van der Waals surface area (Å²) in [5.41, 5.74) is 1.11. The molecule has 2 aromatic rings. The van der Waals surface area contributed by atoms with Crippen LogP contribution in [-0.4, -0.2) is 65.0 Å². The second-order valence-corrected chi connectivity index (χ2v) is 10.00. The van der Waals surface area contributed by atoms with Gasteiger partial charge in [0.2, 0.25) is 15.9 Å². The molecule has 1 fully saturated rings. The number of sulfonamides is 1. The zero-order valence-corrected chi connectivity index (χ0v) is 18.0. The second kappa shape index (κ2) is 8.67. The second-order valence-electron chi connectivity index (χ2n) is 7.12. The monoisotopic (exact) mass is 422 g/mol. The molecule has 0 atom stereocenters. The van der Waals surface area contributed by atoms with Crippen LogP contribution in [0.25, 0.3) is 0 Å². The van der Waals surface area contributed by atoms with Gasteiger partial charge < -0.3 is 9.47 Å². The predicted octanol–water partition coefficient (Wildman–Crippen LogP) is 2.17. The van der Waals surface area contributed by atoms with Crippen LogP contribution in [-0.2, 0) is 21.9 Å². The van der Waals surface area contributed by atoms with Crippen LogP contribution in [0.3, 0.4) is 0 Å². The zero-order valence-electron chi connectivity index (χ0n) is 16.4. The molecule has 9 heteroatoms. The third-order valence-electron chi connectivity index (χ3n) is 4.88. The standard InChI is InChI=1S/C19H26N4O3S2/c1-15(2)16-4-6-17(7-5-16)28(25,26)23-12-10-22(11-13-23)18(24)14-27-19-20-8-9-21(19)3/h4-9,15H,10-14H2,1-3H3. The van der Waals surface area contributed by atoms with E-state index in [-0.39, 0.29) is 5.91 Å². The number of thioether (sulfide) groups is 1. The van der Waals surface area contributed by atoms with Crippen LogP contribution in [0.5, 0.6) is 0 Å². The molecular weight excluding hydrogens is 396 g/mol. The van der Waals surface area contributed by atoms with Gasteiger partial charge in [-0.25, -0.2) is 13.4 Å². The van der Waals surface area contributed by atoms with Gasteiger partial charge in [0.25, 0.3) is 0 Å². The van der Waals surface area contributed by atoms with Gasteiger partial charge in [0.15, 0.2) is 5.16 Å². The van der Waals surface area contributed by atoms with E-state index in [2.05, 4.69) is 18.8 Å². The van der Waals surface area contributed by atoms with E-state index in [4.69, 9.17) is 0 Å². The van der Waals surface area contributed by atoms with E-state index in [1.807, 2.05) is 29.9 Å². The predicted molar refractivity (Wildman–Crippen MR) is 110 cm³/mol. The highest BCUT2D eigenvalue weighted by molar-refractivity contribution is 7.99. The summed E-state index contributed by atoms with van der Waals surface area (Å²) in [5, 5.41) is 0.791. The fourth-order valence-electron chi connectivity index (χ4n) is 3.06. The average Bonchev–Trinajstić information content (AvgIpc) is 3.11. The Bertz CT molecular complexity index is 915. The number of benzene rings is 1. The summed E-state index contributed by atoms with van der Waals surface area (Å²) in [5.74, 6) is 0.662. The molecule has 1 aliphatic rings. The quantitative estimate of drug-likeness (QED) is 0.667. The molecule has 0 aliphatic carbocycles. The summed E-state index contributed by atoms with van der Waals surface area (Å²) in [4.78, 5) is 18.7. The molecule has 2 heterocycles. The smallest absolute Gasteiger partial charge is 0.243 e. The Morgan fingerprint density at radius 1 is 1.14 bits per heavy atom. The number of hydrogen-bond acceptors (Lipinski definition) is 5. The Hall–Kier alpha value is -1.84. The number of imidazole rings is 1. The van der Waals surface area contributed by atoms with Crippen molar-refractivity contribution in [3.05, 3.63) is 42.2 Å². The zero-order chi connectivity index (χ0) is 20.3. The van der Waals surface area contributed by atoms with E-state index in [0.717, 1.165) is 10.7 Å². The highest BCUT2D eigenvalue weighted by Gasteiger charge is 2.30. The van der Waals surface area contributed by atoms with E-state index in [1.54, 1.807) is 23.2 Å². The van der Waals surface area contributed by atoms with Crippen LogP contribution in [0, 0.1) is 0 Å². The van der Waals surface area contributed by atoms with Gasteiger partial charge in [0, 0.05) is 45.6 Å². The highest BCUT2D eigenvalue weighted by atomic mass is 32.2. The summed E-state index contributed by atoms with van der Waals surface area (Å²) >= 11 is 1.39. The van der Waals surface area contributed by atoms with E-state index in [9.17, 15) is 13.2 Å². The summed E-state index contributed by atoms with van der Waals surface area (Å²) in [7, 11) is -1.64. The molecule has 7 nitrogen and oxygen atoms in total. The molecule has 1 aromatic carbocycles. The molecule has 0 radical (unpaired) electrons. The van der Waals surface area contributed by atoms with Crippen LogP contribution >= 0.6 is 11.8 Å². The first-order valence-electron chi connectivity index (χ1n) is 9.27. The number of hydrogen-bond donors (Lipinski definition) is 0. The molecule has 1 aliphatic heterocycles. The number of carbonyl (C=O) groups excluding carboxylic acids is 1. The topological polar surface area (TPSA) is 75.5 Å². The summed E-state index contributed by atoms with van der Waals surface area (Å²) < 4.78 is 29.1. The van der Waals surface area contributed by atoms with Crippen molar-refractivity contribution in [1.29, 1.82) is 0 Å². The van der Waals surface area contributed by atoms with E-state index in [1.165, 1.54) is 16.1 Å². The van der Waals surface area contributed by atoms with Crippen LogP contribution < -0.4 is 0 Å². The number of aromatic nitrogens is 2. The molecule has 152 valence electrons. The van der Waals surface area contributed by atoms with Crippen molar-refractivity contribution in [2.75, 3.05) is 31.9 Å². The minimum absolute atomic E-state index is 0.00587. The number of rotatable bonds is 6. The van der Waals surface area contributed by atoms with Crippen molar-refractivity contribution in [3.8, 4) is 0 Å². The van der Waals surface area contributed by atoms with Gasteiger partial charge in [0.1, 0.15) is 0 Å². The van der Waals surface area contributed by atoms with Crippen molar-refractivity contribution in [1.82, 2.24) is 18.8 Å². The lowest BCUT2D eigenvalue weighted by Crippen LogP contribution is -2.50. The van der Waals surface area contributed by atoms with Crippen LogP contribution in [0.15, 0.2) is 46.7 Å². The Labute approximate surface area is 170 Å². The minimum atomic E-state index is -3.53. The molecule has 1 aromatic heterocycles. The minimum Gasteiger partial charge on any atom is -0.339 e. The van der Waals surface area contributed by atoms with Crippen molar-refractivity contribution >= 4 is 27.7 Å². The average molecular weight is 423 g/mol. The molecule has 0 N–H and O–H groups in total. The maximum Gasteiger partial charge on any atom is 0.243 e. The SMILES string of the molecule is CC(C)c1ccc(S(=O)(=O)N2CCN(C(=O)CSc3nccn3C)CC2)cc1. The van der Waals surface area contributed by atoms with Crippen LogP contribution in [0.1, 0.15) is 25.3 Å². The molecule has 0 saturated carbocycles. The van der Waals surface area contributed by atoms with E-state index in [0.29, 0.717) is 42.7 Å². The van der Waals surface area contributed by atoms with Crippen LogP contribution in [0.2, 0.25) is 0 Å². The third-order valence-corrected chi connectivity index (χ3v) is 7.83. The van der Waals surface area contributed by atoms with Gasteiger partial charge in [-0.1, -0.05) is 37.7 Å². The Kier molecular flexibility index (Phi) is 6.47. The van der Waals surface area contributed by atoms with Crippen molar-refractivity contribution in [2.45, 2.75) is 29.8 Å². The lowest BCUT2D eigenvalue weighted by molar-refractivity contribution is -0.129. The van der Waals surface area contributed by atoms with Gasteiger partial charge >= 0.3 is 0 Å². The number of carbonyl (C=O) groups is 1. The molecule has 1 amide bonds. The summed E-state index contributed by atoms with van der Waals surface area (Å²) in [6.45, 7) is 5.59. The highest BCUT2D eigenvalue weighted by Crippen LogP contribution is 2.22. The first kappa shape index (κ1) is 20.9. The summed E-state index contributed by atoms with van der Waals surface area (Å²) in [6.07, 6.45) is 3.54. The fraction of sp³-hybridized carbons (Fsp3) is 0.474. The van der Waals surface area contributed by atoms with Gasteiger partial charge in [0.05, 0.1) is 10.6 Å². The van der Waals surface area contributed by atoms with E-state index < -0.39 is 10.0 Å². The number of amides is 1. The molecule has 0 unspecified atom stereocenters. The van der Waals surface area contributed by atoms with E-state index >= 15 is 0 Å². The van der Waals surface area contributed by atoms with Crippen molar-refractivity contribution < 1.29 is 13.2 Å². The van der Waals surface area contributed by atoms with Gasteiger partial charge in [-0.05, 0) is 23.6 Å². The Morgan fingerprint density at radius 2 is 1.79 bits per heavy atom. The third kappa shape index (κ3) is 4.59. The first-order chi connectivity index (χ1) is 13.3. The largest absolute Gasteiger partial charge is 0.339 e. The normalized spacial score (nSPS) is 15.9. The number of piperazine rings is 1. The van der Waals surface area contributed by atoms with Gasteiger partial charge in [-0.2, -0.15) is 4.31 Å². The fourth-order valence-corrected chi connectivity index (χ4v) is 5.32. The summed E-state index contributed by atoms with van der Waals surface area (Å²) in [6, 6.07) is 7.08. The Balaban J connectivity index is 1.56. The van der Waals surface area contributed by atoms with Gasteiger partial charge in [-0.15, -0.1) is 0 Å². The lowest BCUT2D eigenvalue weighted by atomic mass is 10.0. The first-order valence-corrected chi connectivity index (χ1v) is 11.7. The number of nitrogens with zero attached hydrogens (tertiary/aromatic N) is 4. The maximum absolute atomic E-state index is 12.9. The van der Waals surface area contributed by atoms with Gasteiger partial charge in [-0.3, -0.25) is 4.79 Å².